The predicted molar refractivity (Wildman–Crippen MR) is 57.8 cm³/mol. The van der Waals surface area contributed by atoms with E-state index in [9.17, 15) is 4.79 Å². The highest BCUT2D eigenvalue weighted by atomic mass is 16.2. The lowest BCUT2D eigenvalue weighted by Gasteiger charge is -2.18. The standard InChI is InChI=1S/C11H20N2O/c1-4-13(9-5-8-12(2)3)11(14)10-6-7-10/h4,10H,1,5-9H2,2-3H3. The van der Waals surface area contributed by atoms with Crippen molar-refractivity contribution in [3.05, 3.63) is 12.8 Å². The maximum absolute atomic E-state index is 11.7. The van der Waals surface area contributed by atoms with E-state index >= 15 is 0 Å². The van der Waals surface area contributed by atoms with E-state index in [1.165, 1.54) is 0 Å². The Morgan fingerprint density at radius 1 is 1.43 bits per heavy atom. The second-order valence-electron chi connectivity index (χ2n) is 4.15. The van der Waals surface area contributed by atoms with Gasteiger partial charge in [-0.2, -0.15) is 0 Å². The maximum atomic E-state index is 11.7. The maximum Gasteiger partial charge on any atom is 0.229 e. The first-order valence-electron chi connectivity index (χ1n) is 5.23. The number of carbonyl (C=O) groups is 1. The van der Waals surface area contributed by atoms with Crippen molar-refractivity contribution in [1.29, 1.82) is 0 Å². The van der Waals surface area contributed by atoms with Crippen molar-refractivity contribution in [2.24, 2.45) is 5.92 Å². The summed E-state index contributed by atoms with van der Waals surface area (Å²) < 4.78 is 0. The highest BCUT2D eigenvalue weighted by molar-refractivity contribution is 5.81. The van der Waals surface area contributed by atoms with E-state index in [0.717, 1.165) is 32.4 Å². The molecule has 1 rings (SSSR count). The Kier molecular flexibility index (Phi) is 4.14. The third kappa shape index (κ3) is 3.50. The summed E-state index contributed by atoms with van der Waals surface area (Å²) in [6.45, 7) is 5.50. The molecule has 14 heavy (non-hydrogen) atoms. The topological polar surface area (TPSA) is 23.6 Å². The van der Waals surface area contributed by atoms with Gasteiger partial charge in [-0.05, 0) is 46.1 Å². The smallest absolute Gasteiger partial charge is 0.229 e. The van der Waals surface area contributed by atoms with E-state index in [2.05, 4.69) is 11.5 Å². The van der Waals surface area contributed by atoms with Crippen LogP contribution in [0, 0.1) is 5.92 Å². The van der Waals surface area contributed by atoms with Gasteiger partial charge in [-0.15, -0.1) is 0 Å². The summed E-state index contributed by atoms with van der Waals surface area (Å²) in [4.78, 5) is 15.5. The molecule has 0 radical (unpaired) electrons. The van der Waals surface area contributed by atoms with Gasteiger partial charge in [0, 0.05) is 12.5 Å². The minimum Gasteiger partial charge on any atom is -0.319 e. The van der Waals surface area contributed by atoms with Crippen LogP contribution in [0.25, 0.3) is 0 Å². The molecular formula is C11H20N2O. The van der Waals surface area contributed by atoms with Crippen LogP contribution in [0.3, 0.4) is 0 Å². The molecule has 1 aliphatic carbocycles. The molecule has 0 aromatic carbocycles. The number of nitrogens with zero attached hydrogens (tertiary/aromatic N) is 2. The molecular weight excluding hydrogens is 176 g/mol. The zero-order valence-electron chi connectivity index (χ0n) is 9.20. The Balaban J connectivity index is 2.23. The summed E-state index contributed by atoms with van der Waals surface area (Å²) in [6.07, 6.45) is 4.81. The van der Waals surface area contributed by atoms with Gasteiger partial charge in [-0.1, -0.05) is 6.58 Å². The minimum atomic E-state index is 0.263. The molecule has 0 bridgehead atoms. The number of carbonyl (C=O) groups excluding carboxylic acids is 1. The highest BCUT2D eigenvalue weighted by Gasteiger charge is 2.32. The van der Waals surface area contributed by atoms with Gasteiger partial charge in [-0.3, -0.25) is 4.79 Å². The molecule has 1 fully saturated rings. The predicted octanol–water partition coefficient (Wildman–Crippen LogP) is 1.32. The minimum absolute atomic E-state index is 0.263. The molecule has 0 spiro atoms. The van der Waals surface area contributed by atoms with Gasteiger partial charge in [0.1, 0.15) is 0 Å². The quantitative estimate of drug-likeness (QED) is 0.639. The van der Waals surface area contributed by atoms with Gasteiger partial charge in [0.05, 0.1) is 0 Å². The van der Waals surface area contributed by atoms with E-state index in [1.54, 1.807) is 11.1 Å². The summed E-state index contributed by atoms with van der Waals surface area (Å²) in [5.41, 5.74) is 0. The molecule has 3 nitrogen and oxygen atoms in total. The second kappa shape index (κ2) is 5.15. The van der Waals surface area contributed by atoms with Crippen molar-refractivity contribution < 1.29 is 4.79 Å². The van der Waals surface area contributed by atoms with Crippen molar-refractivity contribution in [3.8, 4) is 0 Å². The molecule has 0 N–H and O–H groups in total. The van der Waals surface area contributed by atoms with E-state index in [1.807, 2.05) is 14.1 Å². The number of hydrogen-bond donors (Lipinski definition) is 0. The summed E-state index contributed by atoms with van der Waals surface area (Å²) in [7, 11) is 4.09. The van der Waals surface area contributed by atoms with Gasteiger partial charge in [0.15, 0.2) is 0 Å². The first-order chi connectivity index (χ1) is 6.65. The fourth-order valence-electron chi connectivity index (χ4n) is 1.41. The largest absolute Gasteiger partial charge is 0.319 e. The molecule has 3 heteroatoms. The van der Waals surface area contributed by atoms with Crippen LogP contribution in [-0.2, 0) is 4.79 Å². The van der Waals surface area contributed by atoms with Crippen molar-refractivity contribution in [3.63, 3.8) is 0 Å². The number of rotatable bonds is 6. The lowest BCUT2D eigenvalue weighted by Crippen LogP contribution is -2.29. The van der Waals surface area contributed by atoms with Gasteiger partial charge in [0.2, 0.25) is 5.91 Å². The van der Waals surface area contributed by atoms with Crippen molar-refractivity contribution in [2.75, 3.05) is 27.2 Å². The van der Waals surface area contributed by atoms with Gasteiger partial charge >= 0.3 is 0 Å². The molecule has 0 aromatic rings. The zero-order valence-corrected chi connectivity index (χ0v) is 9.20. The molecule has 0 aliphatic heterocycles. The van der Waals surface area contributed by atoms with Crippen molar-refractivity contribution >= 4 is 5.91 Å². The second-order valence-corrected chi connectivity index (χ2v) is 4.15. The van der Waals surface area contributed by atoms with Crippen LogP contribution in [0.4, 0.5) is 0 Å². The molecule has 0 saturated heterocycles. The van der Waals surface area contributed by atoms with Crippen LogP contribution in [-0.4, -0.2) is 42.9 Å². The van der Waals surface area contributed by atoms with E-state index in [4.69, 9.17) is 0 Å². The zero-order chi connectivity index (χ0) is 10.6. The number of amides is 1. The van der Waals surface area contributed by atoms with Gasteiger partial charge in [-0.25, -0.2) is 0 Å². The normalized spacial score (nSPS) is 15.6. The van der Waals surface area contributed by atoms with Crippen LogP contribution >= 0.6 is 0 Å². The monoisotopic (exact) mass is 196 g/mol. The van der Waals surface area contributed by atoms with Crippen LogP contribution in [0.2, 0.25) is 0 Å². The third-order valence-electron chi connectivity index (χ3n) is 2.43. The molecule has 80 valence electrons. The summed E-state index contributed by atoms with van der Waals surface area (Å²) in [6, 6.07) is 0. The fraction of sp³-hybridized carbons (Fsp3) is 0.727. The lowest BCUT2D eigenvalue weighted by molar-refractivity contribution is -0.130. The Bertz CT molecular complexity index is 209. The SMILES string of the molecule is C=CN(CCCN(C)C)C(=O)C1CC1. The molecule has 0 aromatic heterocycles. The molecule has 0 atom stereocenters. The highest BCUT2D eigenvalue weighted by Crippen LogP contribution is 2.31. The van der Waals surface area contributed by atoms with Crippen LogP contribution in [0.15, 0.2) is 12.8 Å². The fourth-order valence-corrected chi connectivity index (χ4v) is 1.41. The average Bonchev–Trinajstić information content (AvgIpc) is 2.94. The van der Waals surface area contributed by atoms with Crippen molar-refractivity contribution in [2.45, 2.75) is 19.3 Å². The summed E-state index contributed by atoms with van der Waals surface area (Å²) >= 11 is 0. The van der Waals surface area contributed by atoms with Crippen LogP contribution in [0.5, 0.6) is 0 Å². The van der Waals surface area contributed by atoms with Gasteiger partial charge in [0.25, 0.3) is 0 Å². The molecule has 1 saturated carbocycles. The molecule has 0 unspecified atom stereocenters. The van der Waals surface area contributed by atoms with E-state index < -0.39 is 0 Å². The Morgan fingerprint density at radius 3 is 2.50 bits per heavy atom. The Hall–Kier alpha value is -0.830. The Labute approximate surface area is 86.4 Å². The van der Waals surface area contributed by atoms with E-state index in [0.29, 0.717) is 5.92 Å². The van der Waals surface area contributed by atoms with Crippen molar-refractivity contribution in [1.82, 2.24) is 9.80 Å². The van der Waals surface area contributed by atoms with Crippen LogP contribution in [0.1, 0.15) is 19.3 Å². The summed E-state index contributed by atoms with van der Waals surface area (Å²) in [5.74, 6) is 0.561. The molecule has 1 aliphatic rings. The summed E-state index contributed by atoms with van der Waals surface area (Å²) in [5, 5.41) is 0. The first kappa shape index (κ1) is 11.2. The van der Waals surface area contributed by atoms with Gasteiger partial charge < -0.3 is 9.80 Å². The third-order valence-corrected chi connectivity index (χ3v) is 2.43. The van der Waals surface area contributed by atoms with E-state index in [-0.39, 0.29) is 5.91 Å². The molecule has 0 heterocycles. The first-order valence-corrected chi connectivity index (χ1v) is 5.23. The average molecular weight is 196 g/mol. The molecule has 1 amide bonds. The number of hydrogen-bond acceptors (Lipinski definition) is 2. The Morgan fingerprint density at radius 2 is 2.07 bits per heavy atom. The lowest BCUT2D eigenvalue weighted by atomic mass is 10.3. The van der Waals surface area contributed by atoms with Crippen LogP contribution < -0.4 is 0 Å².